The second-order valence-corrected chi connectivity index (χ2v) is 11.5. The number of hydrogen-bond acceptors (Lipinski definition) is 4. The van der Waals surface area contributed by atoms with Gasteiger partial charge in [-0.05, 0) is 86.3 Å². The van der Waals surface area contributed by atoms with Crippen molar-refractivity contribution in [2.45, 2.75) is 0 Å². The van der Waals surface area contributed by atoms with Crippen LogP contribution in [0.15, 0.2) is 158 Å². The smallest absolute Gasteiger partial charge is 0.0972 e. The SMILES string of the molecule is c1cncc(-c2cc(-c3cccnc3)cc(-c3c4ccccc4c(-c4ccc5ccc6cccnc6c5n4)c4ccccc34)c2)c1. The molecule has 4 heteroatoms. The van der Waals surface area contributed by atoms with Crippen molar-refractivity contribution >= 4 is 43.4 Å². The second-order valence-electron chi connectivity index (χ2n) is 11.5. The first-order valence-corrected chi connectivity index (χ1v) is 15.4. The molecular weight excluding hydrogens is 560 g/mol. The van der Waals surface area contributed by atoms with Crippen LogP contribution in [0.3, 0.4) is 0 Å². The van der Waals surface area contributed by atoms with E-state index >= 15 is 0 Å². The van der Waals surface area contributed by atoms with Crippen molar-refractivity contribution in [2.75, 3.05) is 0 Å². The Morgan fingerprint density at radius 3 is 1.48 bits per heavy atom. The van der Waals surface area contributed by atoms with Crippen molar-refractivity contribution < 1.29 is 0 Å². The third kappa shape index (κ3) is 4.31. The van der Waals surface area contributed by atoms with Crippen molar-refractivity contribution in [1.29, 1.82) is 0 Å². The van der Waals surface area contributed by atoms with Crippen LogP contribution in [-0.4, -0.2) is 19.9 Å². The fourth-order valence-corrected chi connectivity index (χ4v) is 6.75. The summed E-state index contributed by atoms with van der Waals surface area (Å²) in [7, 11) is 0. The van der Waals surface area contributed by atoms with Crippen molar-refractivity contribution in [3.8, 4) is 44.6 Å². The van der Waals surface area contributed by atoms with Crippen LogP contribution in [0.2, 0.25) is 0 Å². The predicted octanol–water partition coefficient (Wildman–Crippen LogP) is 10.5. The van der Waals surface area contributed by atoms with Gasteiger partial charge >= 0.3 is 0 Å². The van der Waals surface area contributed by atoms with E-state index in [9.17, 15) is 0 Å². The minimum atomic E-state index is 0.915. The molecule has 0 fully saturated rings. The van der Waals surface area contributed by atoms with Gasteiger partial charge in [0, 0.05) is 58.4 Å². The zero-order valence-electron chi connectivity index (χ0n) is 24.8. The van der Waals surface area contributed by atoms with Crippen molar-refractivity contribution in [2.24, 2.45) is 0 Å². The molecule has 0 amide bonds. The van der Waals surface area contributed by atoms with Crippen molar-refractivity contribution in [3.63, 3.8) is 0 Å². The zero-order chi connectivity index (χ0) is 30.5. The lowest BCUT2D eigenvalue weighted by Crippen LogP contribution is -1.94. The maximum atomic E-state index is 5.31. The Morgan fingerprint density at radius 1 is 0.370 bits per heavy atom. The van der Waals surface area contributed by atoms with Gasteiger partial charge in [0.15, 0.2) is 0 Å². The molecule has 0 aliphatic rings. The highest BCUT2D eigenvalue weighted by molar-refractivity contribution is 6.21. The Morgan fingerprint density at radius 2 is 0.891 bits per heavy atom. The third-order valence-corrected chi connectivity index (χ3v) is 8.83. The van der Waals surface area contributed by atoms with Crippen molar-refractivity contribution in [3.05, 3.63) is 158 Å². The molecule has 214 valence electrons. The summed E-state index contributed by atoms with van der Waals surface area (Å²) in [5.41, 5.74) is 10.6. The summed E-state index contributed by atoms with van der Waals surface area (Å²) in [5.74, 6) is 0. The first-order valence-electron chi connectivity index (χ1n) is 15.4. The van der Waals surface area contributed by atoms with Crippen LogP contribution in [0.1, 0.15) is 0 Å². The van der Waals surface area contributed by atoms with E-state index in [0.717, 1.165) is 71.7 Å². The van der Waals surface area contributed by atoms with Crippen LogP contribution in [-0.2, 0) is 0 Å². The number of aromatic nitrogens is 4. The van der Waals surface area contributed by atoms with E-state index < -0.39 is 0 Å². The Balaban J connectivity index is 1.36. The van der Waals surface area contributed by atoms with E-state index in [1.54, 1.807) is 0 Å². The van der Waals surface area contributed by atoms with Crippen LogP contribution in [0.4, 0.5) is 0 Å². The van der Waals surface area contributed by atoms with Crippen LogP contribution in [0.25, 0.3) is 88.0 Å². The highest BCUT2D eigenvalue weighted by atomic mass is 14.8. The van der Waals surface area contributed by atoms with Crippen LogP contribution in [0, 0.1) is 0 Å². The summed E-state index contributed by atoms with van der Waals surface area (Å²) in [6.07, 6.45) is 9.32. The summed E-state index contributed by atoms with van der Waals surface area (Å²) < 4.78 is 0. The predicted molar refractivity (Wildman–Crippen MR) is 189 cm³/mol. The lowest BCUT2D eigenvalue weighted by molar-refractivity contribution is 1.32. The molecule has 5 aromatic carbocycles. The Kier molecular flexibility index (Phi) is 6.10. The average Bonchev–Trinajstić information content (AvgIpc) is 3.14. The van der Waals surface area contributed by atoms with Gasteiger partial charge < -0.3 is 0 Å². The van der Waals surface area contributed by atoms with E-state index in [4.69, 9.17) is 9.97 Å². The van der Waals surface area contributed by atoms with E-state index in [1.165, 1.54) is 16.3 Å². The molecule has 0 spiro atoms. The van der Waals surface area contributed by atoms with E-state index in [2.05, 4.69) is 119 Å². The highest BCUT2D eigenvalue weighted by Gasteiger charge is 2.19. The first-order chi connectivity index (χ1) is 22.8. The minimum Gasteiger partial charge on any atom is -0.264 e. The van der Waals surface area contributed by atoms with Gasteiger partial charge in [-0.2, -0.15) is 0 Å². The number of benzene rings is 5. The maximum absolute atomic E-state index is 5.31. The zero-order valence-corrected chi connectivity index (χ0v) is 24.8. The quantitative estimate of drug-likeness (QED) is 0.152. The normalized spacial score (nSPS) is 11.5. The maximum Gasteiger partial charge on any atom is 0.0972 e. The molecule has 9 aromatic rings. The van der Waals surface area contributed by atoms with Crippen LogP contribution >= 0.6 is 0 Å². The van der Waals surface area contributed by atoms with Crippen LogP contribution < -0.4 is 0 Å². The molecule has 0 unspecified atom stereocenters. The highest BCUT2D eigenvalue weighted by Crippen LogP contribution is 2.45. The molecule has 4 nitrogen and oxygen atoms in total. The molecule has 4 aromatic heterocycles. The van der Waals surface area contributed by atoms with Crippen LogP contribution in [0.5, 0.6) is 0 Å². The molecule has 0 radical (unpaired) electrons. The van der Waals surface area contributed by atoms with Gasteiger partial charge in [-0.15, -0.1) is 0 Å². The number of fused-ring (bicyclic) bond motifs is 5. The van der Waals surface area contributed by atoms with E-state index in [-0.39, 0.29) is 0 Å². The monoisotopic (exact) mass is 586 g/mol. The van der Waals surface area contributed by atoms with Gasteiger partial charge in [0.25, 0.3) is 0 Å². The fourth-order valence-electron chi connectivity index (χ4n) is 6.75. The van der Waals surface area contributed by atoms with E-state index in [0.29, 0.717) is 0 Å². The molecule has 4 heterocycles. The molecule has 0 aliphatic heterocycles. The van der Waals surface area contributed by atoms with Crippen molar-refractivity contribution in [1.82, 2.24) is 19.9 Å². The summed E-state index contributed by atoms with van der Waals surface area (Å²) >= 11 is 0. The summed E-state index contributed by atoms with van der Waals surface area (Å²) in [6, 6.07) is 45.0. The second kappa shape index (κ2) is 10.7. The summed E-state index contributed by atoms with van der Waals surface area (Å²) in [4.78, 5) is 18.9. The lowest BCUT2D eigenvalue weighted by Gasteiger charge is -2.19. The first kappa shape index (κ1) is 26.2. The number of rotatable bonds is 4. The molecule has 0 atom stereocenters. The summed E-state index contributed by atoms with van der Waals surface area (Å²) in [6.45, 7) is 0. The fraction of sp³-hybridized carbons (Fsp3) is 0. The topological polar surface area (TPSA) is 51.6 Å². The molecule has 0 aliphatic carbocycles. The molecule has 0 saturated heterocycles. The molecule has 46 heavy (non-hydrogen) atoms. The average molecular weight is 587 g/mol. The van der Waals surface area contributed by atoms with Gasteiger partial charge in [0.1, 0.15) is 0 Å². The number of nitrogens with zero attached hydrogens (tertiary/aromatic N) is 4. The molecule has 0 N–H and O–H groups in total. The Hall–Kier alpha value is -6.26. The molecule has 9 rings (SSSR count). The number of hydrogen-bond donors (Lipinski definition) is 0. The standard InChI is InChI=1S/C42H26N4/c1-3-13-36-34(11-1)39(33-23-31(29-9-5-19-43-25-29)22-32(24-33)30-10-6-20-44-26-30)35-12-2-4-14-37(35)40(36)38-18-17-28-16-15-27-8-7-21-45-41(27)42(28)46-38/h1-26H. The van der Waals surface area contributed by atoms with Gasteiger partial charge in [-0.3, -0.25) is 15.0 Å². The molecule has 0 saturated carbocycles. The largest absolute Gasteiger partial charge is 0.264 e. The molecule has 0 bridgehead atoms. The van der Waals surface area contributed by atoms with Gasteiger partial charge in [-0.1, -0.05) is 84.9 Å². The Labute approximate surface area is 265 Å². The van der Waals surface area contributed by atoms with Gasteiger partial charge in [-0.25, -0.2) is 4.98 Å². The third-order valence-electron chi connectivity index (χ3n) is 8.83. The minimum absolute atomic E-state index is 0.915. The van der Waals surface area contributed by atoms with Gasteiger partial charge in [0.2, 0.25) is 0 Å². The Bertz CT molecular complexity index is 2460. The molecular formula is C42H26N4. The lowest BCUT2D eigenvalue weighted by atomic mass is 9.85. The van der Waals surface area contributed by atoms with Gasteiger partial charge in [0.05, 0.1) is 16.7 Å². The number of pyridine rings is 4. The summed E-state index contributed by atoms with van der Waals surface area (Å²) in [5, 5.41) is 6.83. The van der Waals surface area contributed by atoms with E-state index in [1.807, 2.05) is 49.2 Å².